The van der Waals surface area contributed by atoms with Crippen molar-refractivity contribution in [3.63, 3.8) is 0 Å². The van der Waals surface area contributed by atoms with Crippen LogP contribution >= 0.6 is 0 Å². The normalized spacial score (nSPS) is 26.9. The molecule has 2 atom stereocenters. The van der Waals surface area contributed by atoms with E-state index in [1.54, 1.807) is 0 Å². The average Bonchev–Trinajstić information content (AvgIpc) is 2.24. The van der Waals surface area contributed by atoms with Crippen LogP contribution in [0.4, 0.5) is 0 Å². The third kappa shape index (κ3) is 3.97. The Balaban J connectivity index is 2.20. The average molecular weight is 196 g/mol. The van der Waals surface area contributed by atoms with Crippen LogP contribution in [0.15, 0.2) is 25.5 Å². The van der Waals surface area contributed by atoms with Crippen molar-refractivity contribution in [2.24, 2.45) is 5.92 Å². The maximum atomic E-state index is 5.64. The topological polar surface area (TPSA) is 18.5 Å². The fourth-order valence-electron chi connectivity index (χ4n) is 1.95. The van der Waals surface area contributed by atoms with E-state index in [1.807, 2.05) is 6.08 Å². The van der Waals surface area contributed by atoms with E-state index in [1.165, 1.54) is 25.5 Å². The van der Waals surface area contributed by atoms with Gasteiger partial charge in [0.1, 0.15) is 0 Å². The second-order valence-electron chi connectivity index (χ2n) is 3.78. The van der Waals surface area contributed by atoms with Crippen LogP contribution in [0.5, 0.6) is 0 Å². The molecule has 2 heteroatoms. The highest BCUT2D eigenvalue weighted by atomic mass is 16.5. The van der Waals surface area contributed by atoms with Gasteiger partial charge in [-0.1, -0.05) is 19.1 Å². The SMILES string of the molecule is C=CCOC1CCCC(COC=C)C1. The van der Waals surface area contributed by atoms with Crippen molar-refractivity contribution < 1.29 is 9.47 Å². The van der Waals surface area contributed by atoms with Gasteiger partial charge in [0.25, 0.3) is 0 Å². The molecule has 0 amide bonds. The largest absolute Gasteiger partial charge is 0.502 e. The van der Waals surface area contributed by atoms with Crippen molar-refractivity contribution in [1.29, 1.82) is 0 Å². The van der Waals surface area contributed by atoms with Crippen LogP contribution < -0.4 is 0 Å². The van der Waals surface area contributed by atoms with Crippen molar-refractivity contribution in [3.05, 3.63) is 25.5 Å². The lowest BCUT2D eigenvalue weighted by Crippen LogP contribution is -2.25. The van der Waals surface area contributed by atoms with Gasteiger partial charge >= 0.3 is 0 Å². The lowest BCUT2D eigenvalue weighted by molar-refractivity contribution is 0.0162. The minimum absolute atomic E-state index is 0.403. The highest BCUT2D eigenvalue weighted by molar-refractivity contribution is 4.75. The van der Waals surface area contributed by atoms with Crippen LogP contribution in [-0.2, 0) is 9.47 Å². The second kappa shape index (κ2) is 6.66. The summed E-state index contributed by atoms with van der Waals surface area (Å²) in [4.78, 5) is 0. The van der Waals surface area contributed by atoms with E-state index in [0.717, 1.165) is 13.0 Å². The summed E-state index contributed by atoms with van der Waals surface area (Å²) in [6, 6.07) is 0. The van der Waals surface area contributed by atoms with Gasteiger partial charge in [-0.25, -0.2) is 0 Å². The molecule has 1 saturated carbocycles. The maximum absolute atomic E-state index is 5.64. The van der Waals surface area contributed by atoms with Crippen LogP contribution in [0.25, 0.3) is 0 Å². The van der Waals surface area contributed by atoms with Crippen LogP contribution in [-0.4, -0.2) is 19.3 Å². The van der Waals surface area contributed by atoms with E-state index in [-0.39, 0.29) is 0 Å². The molecule has 0 N–H and O–H groups in total. The summed E-state index contributed by atoms with van der Waals surface area (Å²) in [7, 11) is 0. The van der Waals surface area contributed by atoms with Crippen LogP contribution in [0, 0.1) is 5.92 Å². The van der Waals surface area contributed by atoms with Crippen LogP contribution in [0.1, 0.15) is 25.7 Å². The second-order valence-corrected chi connectivity index (χ2v) is 3.78. The molecule has 14 heavy (non-hydrogen) atoms. The van der Waals surface area contributed by atoms with Gasteiger partial charge < -0.3 is 9.47 Å². The van der Waals surface area contributed by atoms with Crippen molar-refractivity contribution in [1.82, 2.24) is 0 Å². The van der Waals surface area contributed by atoms with E-state index in [2.05, 4.69) is 13.2 Å². The summed E-state index contributed by atoms with van der Waals surface area (Å²) < 4.78 is 10.9. The van der Waals surface area contributed by atoms with E-state index in [0.29, 0.717) is 18.6 Å². The fraction of sp³-hybridized carbons (Fsp3) is 0.667. The highest BCUT2D eigenvalue weighted by Gasteiger charge is 2.22. The minimum atomic E-state index is 0.403. The zero-order valence-electron chi connectivity index (χ0n) is 8.78. The Morgan fingerprint density at radius 1 is 1.29 bits per heavy atom. The Labute approximate surface area is 86.6 Å². The Morgan fingerprint density at radius 2 is 2.14 bits per heavy atom. The molecule has 2 unspecified atom stereocenters. The summed E-state index contributed by atoms with van der Waals surface area (Å²) in [5.41, 5.74) is 0. The van der Waals surface area contributed by atoms with Crippen molar-refractivity contribution in [3.8, 4) is 0 Å². The molecule has 0 bridgehead atoms. The molecule has 0 radical (unpaired) electrons. The van der Waals surface area contributed by atoms with Crippen molar-refractivity contribution >= 4 is 0 Å². The lowest BCUT2D eigenvalue weighted by atomic mass is 9.88. The molecule has 1 aliphatic rings. The number of hydrogen-bond donors (Lipinski definition) is 0. The number of ether oxygens (including phenoxy) is 2. The standard InChI is InChI=1S/C12H20O2/c1-3-8-14-12-7-5-6-11(9-12)10-13-4-2/h3-4,11-12H,1-2,5-10H2. The molecule has 0 aromatic rings. The van der Waals surface area contributed by atoms with Gasteiger partial charge in [0, 0.05) is 0 Å². The van der Waals surface area contributed by atoms with Gasteiger partial charge in [0.15, 0.2) is 0 Å². The molecule has 0 aromatic heterocycles. The summed E-state index contributed by atoms with van der Waals surface area (Å²) in [5, 5.41) is 0. The lowest BCUT2D eigenvalue weighted by Gasteiger charge is -2.28. The van der Waals surface area contributed by atoms with E-state index >= 15 is 0 Å². The van der Waals surface area contributed by atoms with Gasteiger partial charge in [-0.2, -0.15) is 0 Å². The Morgan fingerprint density at radius 3 is 2.86 bits per heavy atom. The van der Waals surface area contributed by atoms with Crippen molar-refractivity contribution in [2.75, 3.05) is 13.2 Å². The summed E-state index contributed by atoms with van der Waals surface area (Å²) in [5.74, 6) is 0.636. The van der Waals surface area contributed by atoms with Gasteiger partial charge in [0.05, 0.1) is 25.6 Å². The van der Waals surface area contributed by atoms with Gasteiger partial charge in [-0.05, 0) is 25.2 Å². The summed E-state index contributed by atoms with van der Waals surface area (Å²) in [6.45, 7) is 8.65. The molecule has 0 aliphatic heterocycles. The van der Waals surface area contributed by atoms with Gasteiger partial charge in [-0.3, -0.25) is 0 Å². The van der Waals surface area contributed by atoms with E-state index in [9.17, 15) is 0 Å². The minimum Gasteiger partial charge on any atom is -0.502 e. The molecule has 0 saturated heterocycles. The molecule has 0 aromatic carbocycles. The zero-order chi connectivity index (χ0) is 10.2. The molecular formula is C12H20O2. The molecule has 1 fully saturated rings. The third-order valence-electron chi connectivity index (χ3n) is 2.63. The number of hydrogen-bond acceptors (Lipinski definition) is 2. The predicted molar refractivity (Wildman–Crippen MR) is 58.0 cm³/mol. The fourth-order valence-corrected chi connectivity index (χ4v) is 1.95. The Hall–Kier alpha value is -0.760. The molecule has 2 nitrogen and oxygen atoms in total. The van der Waals surface area contributed by atoms with Gasteiger partial charge in [-0.15, -0.1) is 6.58 Å². The van der Waals surface area contributed by atoms with Gasteiger partial charge in [0.2, 0.25) is 0 Å². The molecule has 80 valence electrons. The molecule has 0 spiro atoms. The predicted octanol–water partition coefficient (Wildman–Crippen LogP) is 2.91. The quantitative estimate of drug-likeness (QED) is 0.480. The van der Waals surface area contributed by atoms with E-state index in [4.69, 9.17) is 9.47 Å². The first-order valence-corrected chi connectivity index (χ1v) is 5.31. The summed E-state index contributed by atoms with van der Waals surface area (Å²) >= 11 is 0. The summed E-state index contributed by atoms with van der Waals surface area (Å²) in [6.07, 6.45) is 8.52. The van der Waals surface area contributed by atoms with E-state index < -0.39 is 0 Å². The molecular weight excluding hydrogens is 176 g/mol. The van der Waals surface area contributed by atoms with Crippen LogP contribution in [0.2, 0.25) is 0 Å². The Kier molecular flexibility index (Phi) is 5.38. The maximum Gasteiger partial charge on any atom is 0.0902 e. The monoisotopic (exact) mass is 196 g/mol. The molecule has 0 heterocycles. The first kappa shape index (κ1) is 11.3. The molecule has 1 rings (SSSR count). The van der Waals surface area contributed by atoms with Crippen LogP contribution in [0.3, 0.4) is 0 Å². The third-order valence-corrected chi connectivity index (χ3v) is 2.63. The molecule has 1 aliphatic carbocycles. The number of rotatable bonds is 6. The first-order chi connectivity index (χ1) is 6.86. The smallest absolute Gasteiger partial charge is 0.0902 e. The Bertz CT molecular complexity index is 159. The zero-order valence-corrected chi connectivity index (χ0v) is 8.78. The highest BCUT2D eigenvalue weighted by Crippen LogP contribution is 2.26. The van der Waals surface area contributed by atoms with Crippen molar-refractivity contribution in [2.45, 2.75) is 31.8 Å². The first-order valence-electron chi connectivity index (χ1n) is 5.31.